The van der Waals surface area contributed by atoms with E-state index < -0.39 is 0 Å². The third-order valence-electron chi connectivity index (χ3n) is 3.15. The van der Waals surface area contributed by atoms with Crippen LogP contribution < -0.4 is 5.32 Å². The molecule has 0 heterocycles. The second kappa shape index (κ2) is 7.92. The van der Waals surface area contributed by atoms with E-state index in [1.165, 1.54) is 23.9 Å². The first kappa shape index (κ1) is 16.5. The maximum atomic E-state index is 13.6. The van der Waals surface area contributed by atoms with Gasteiger partial charge in [0.2, 0.25) is 0 Å². The summed E-state index contributed by atoms with van der Waals surface area (Å²) in [6.07, 6.45) is 0.761. The SMILES string of the molecule is CNC(CSc1ccccc1F)Cc1ccc(F)c(Br)c1. The van der Waals surface area contributed by atoms with Crippen molar-refractivity contribution in [1.29, 1.82) is 0 Å². The summed E-state index contributed by atoms with van der Waals surface area (Å²) in [7, 11) is 1.88. The first-order valence-corrected chi connectivity index (χ1v) is 8.36. The van der Waals surface area contributed by atoms with Crippen LogP contribution in [-0.2, 0) is 6.42 Å². The zero-order chi connectivity index (χ0) is 15.2. The average Bonchev–Trinajstić information content (AvgIpc) is 2.48. The number of thioether (sulfide) groups is 1. The minimum Gasteiger partial charge on any atom is -0.316 e. The summed E-state index contributed by atoms with van der Waals surface area (Å²) in [5.74, 6) is 0.286. The van der Waals surface area contributed by atoms with Crippen LogP contribution in [-0.4, -0.2) is 18.8 Å². The highest BCUT2D eigenvalue weighted by Gasteiger charge is 2.11. The fraction of sp³-hybridized carbons (Fsp3) is 0.250. The van der Waals surface area contributed by atoms with Gasteiger partial charge in [0.1, 0.15) is 11.6 Å². The molecule has 1 atom stereocenters. The van der Waals surface area contributed by atoms with Crippen LogP contribution in [0.4, 0.5) is 8.78 Å². The zero-order valence-corrected chi connectivity index (χ0v) is 14.0. The summed E-state index contributed by atoms with van der Waals surface area (Å²) < 4.78 is 27.3. The molecule has 1 nitrogen and oxygen atoms in total. The smallest absolute Gasteiger partial charge is 0.137 e. The number of likely N-dealkylation sites (N-methyl/N-ethyl adjacent to an activating group) is 1. The molecule has 0 aliphatic rings. The van der Waals surface area contributed by atoms with E-state index in [2.05, 4.69) is 21.2 Å². The van der Waals surface area contributed by atoms with Gasteiger partial charge in [-0.1, -0.05) is 18.2 Å². The Bertz CT molecular complexity index is 607. The highest BCUT2D eigenvalue weighted by atomic mass is 79.9. The molecule has 0 radical (unpaired) electrons. The van der Waals surface area contributed by atoms with Crippen molar-refractivity contribution >= 4 is 27.7 Å². The van der Waals surface area contributed by atoms with Gasteiger partial charge < -0.3 is 5.32 Å². The predicted octanol–water partition coefficient (Wildman–Crippen LogP) is 4.65. The Morgan fingerprint density at radius 1 is 1.14 bits per heavy atom. The summed E-state index contributed by atoms with van der Waals surface area (Å²) in [5.41, 5.74) is 1.04. The number of hydrogen-bond donors (Lipinski definition) is 1. The zero-order valence-electron chi connectivity index (χ0n) is 11.6. The molecule has 0 amide bonds. The first-order valence-electron chi connectivity index (χ1n) is 6.58. The Morgan fingerprint density at radius 2 is 1.90 bits per heavy atom. The van der Waals surface area contributed by atoms with Gasteiger partial charge in [-0.05, 0) is 59.2 Å². The van der Waals surface area contributed by atoms with Crippen molar-refractivity contribution < 1.29 is 8.78 Å². The third kappa shape index (κ3) is 4.80. The number of benzene rings is 2. The van der Waals surface area contributed by atoms with Crippen molar-refractivity contribution in [3.05, 3.63) is 64.1 Å². The molecule has 112 valence electrons. The van der Waals surface area contributed by atoms with Crippen molar-refractivity contribution in [2.45, 2.75) is 17.4 Å². The largest absolute Gasteiger partial charge is 0.316 e. The molecule has 0 bridgehead atoms. The van der Waals surface area contributed by atoms with Gasteiger partial charge in [0.05, 0.1) is 4.47 Å². The van der Waals surface area contributed by atoms with Gasteiger partial charge in [-0.3, -0.25) is 0 Å². The van der Waals surface area contributed by atoms with E-state index in [0.29, 0.717) is 9.37 Å². The van der Waals surface area contributed by atoms with Gasteiger partial charge in [-0.2, -0.15) is 0 Å². The molecule has 0 spiro atoms. The number of halogens is 3. The molecule has 1 unspecified atom stereocenters. The van der Waals surface area contributed by atoms with Crippen LogP contribution in [0.15, 0.2) is 51.8 Å². The molecule has 0 aliphatic heterocycles. The lowest BCUT2D eigenvalue weighted by atomic mass is 10.1. The van der Waals surface area contributed by atoms with Crippen LogP contribution in [0.3, 0.4) is 0 Å². The topological polar surface area (TPSA) is 12.0 Å². The molecular weight excluding hydrogens is 356 g/mol. The highest BCUT2D eigenvalue weighted by molar-refractivity contribution is 9.10. The fourth-order valence-electron chi connectivity index (χ4n) is 1.95. The summed E-state index contributed by atoms with van der Waals surface area (Å²) >= 11 is 4.68. The van der Waals surface area contributed by atoms with Crippen molar-refractivity contribution in [1.82, 2.24) is 5.32 Å². The molecule has 0 aliphatic carbocycles. The minimum atomic E-state index is -0.263. The van der Waals surface area contributed by atoms with E-state index in [9.17, 15) is 8.78 Å². The number of nitrogens with one attached hydrogen (secondary N) is 1. The molecular formula is C16H16BrF2NS. The van der Waals surface area contributed by atoms with E-state index in [4.69, 9.17) is 0 Å². The normalized spacial score (nSPS) is 12.4. The van der Waals surface area contributed by atoms with Crippen LogP contribution >= 0.6 is 27.7 Å². The van der Waals surface area contributed by atoms with Crippen molar-refractivity contribution in [2.24, 2.45) is 0 Å². The van der Waals surface area contributed by atoms with Crippen LogP contribution in [0.5, 0.6) is 0 Å². The lowest BCUT2D eigenvalue weighted by Crippen LogP contribution is -2.30. The molecule has 0 saturated heterocycles. The molecule has 5 heteroatoms. The molecule has 0 aromatic heterocycles. The summed E-state index contributed by atoms with van der Waals surface area (Å²) in [4.78, 5) is 0.651. The molecule has 0 fully saturated rings. The predicted molar refractivity (Wildman–Crippen MR) is 87.8 cm³/mol. The van der Waals surface area contributed by atoms with Gasteiger partial charge in [-0.25, -0.2) is 8.78 Å². The molecule has 2 aromatic carbocycles. The van der Waals surface area contributed by atoms with E-state index >= 15 is 0 Å². The lowest BCUT2D eigenvalue weighted by Gasteiger charge is -2.16. The van der Waals surface area contributed by atoms with E-state index in [-0.39, 0.29) is 17.7 Å². The van der Waals surface area contributed by atoms with Crippen LogP contribution in [0.1, 0.15) is 5.56 Å². The Balaban J connectivity index is 1.97. The Morgan fingerprint density at radius 3 is 2.57 bits per heavy atom. The Hall–Kier alpha value is -0.910. The van der Waals surface area contributed by atoms with Crippen LogP contribution in [0.25, 0.3) is 0 Å². The second-order valence-corrected chi connectivity index (χ2v) is 6.60. The summed E-state index contributed by atoms with van der Waals surface area (Å²) in [6.45, 7) is 0. The van der Waals surface area contributed by atoms with Crippen molar-refractivity contribution in [3.63, 3.8) is 0 Å². The molecule has 2 aromatic rings. The maximum Gasteiger partial charge on any atom is 0.137 e. The molecule has 0 saturated carbocycles. The quantitative estimate of drug-likeness (QED) is 0.741. The average molecular weight is 372 g/mol. The van der Waals surface area contributed by atoms with E-state index in [1.54, 1.807) is 24.3 Å². The first-order chi connectivity index (χ1) is 10.1. The van der Waals surface area contributed by atoms with Gasteiger partial charge in [0.25, 0.3) is 0 Å². The number of rotatable bonds is 6. The van der Waals surface area contributed by atoms with Crippen molar-refractivity contribution in [3.8, 4) is 0 Å². The van der Waals surface area contributed by atoms with Gasteiger partial charge in [0.15, 0.2) is 0 Å². The monoisotopic (exact) mass is 371 g/mol. The minimum absolute atomic E-state index is 0.187. The Labute approximate surface area is 136 Å². The molecule has 21 heavy (non-hydrogen) atoms. The summed E-state index contributed by atoms with van der Waals surface area (Å²) in [6, 6.07) is 12.0. The number of hydrogen-bond acceptors (Lipinski definition) is 2. The molecule has 1 N–H and O–H groups in total. The van der Waals surface area contributed by atoms with E-state index in [1.807, 2.05) is 13.1 Å². The standard InChI is InChI=1S/C16H16BrF2NS/c1-20-12(8-11-6-7-14(18)13(17)9-11)10-21-16-5-3-2-4-15(16)19/h2-7,9,12,20H,8,10H2,1H3. The maximum absolute atomic E-state index is 13.6. The molecule has 2 rings (SSSR count). The third-order valence-corrected chi connectivity index (χ3v) is 4.97. The lowest BCUT2D eigenvalue weighted by molar-refractivity contribution is 0.596. The highest BCUT2D eigenvalue weighted by Crippen LogP contribution is 2.23. The van der Waals surface area contributed by atoms with Gasteiger partial charge in [-0.15, -0.1) is 11.8 Å². The Kier molecular flexibility index (Phi) is 6.21. The van der Waals surface area contributed by atoms with Crippen LogP contribution in [0.2, 0.25) is 0 Å². The fourth-order valence-corrected chi connectivity index (χ4v) is 3.42. The van der Waals surface area contributed by atoms with E-state index in [0.717, 1.165) is 17.7 Å². The second-order valence-electron chi connectivity index (χ2n) is 4.68. The van der Waals surface area contributed by atoms with Crippen LogP contribution in [0, 0.1) is 11.6 Å². The van der Waals surface area contributed by atoms with Gasteiger partial charge >= 0.3 is 0 Å². The van der Waals surface area contributed by atoms with Gasteiger partial charge in [0, 0.05) is 16.7 Å². The summed E-state index contributed by atoms with van der Waals surface area (Å²) in [5, 5.41) is 3.22. The van der Waals surface area contributed by atoms with Crippen molar-refractivity contribution in [2.75, 3.05) is 12.8 Å².